The van der Waals surface area contributed by atoms with Crippen molar-refractivity contribution >= 4 is 21.8 Å². The summed E-state index contributed by atoms with van der Waals surface area (Å²) >= 11 is 3.21. The Morgan fingerprint density at radius 2 is 2.21 bits per heavy atom. The number of benzene rings is 1. The summed E-state index contributed by atoms with van der Waals surface area (Å²) in [6, 6.07) is 8.20. The van der Waals surface area contributed by atoms with Crippen LogP contribution in [0.15, 0.2) is 41.0 Å². The fourth-order valence-corrected chi connectivity index (χ4v) is 3.68. The summed E-state index contributed by atoms with van der Waals surface area (Å²) in [5.74, 6) is 0.172. The highest BCUT2D eigenvalue weighted by Gasteiger charge is 2.22. The molecule has 1 saturated heterocycles. The van der Waals surface area contributed by atoms with Gasteiger partial charge in [0.1, 0.15) is 11.4 Å². The minimum absolute atomic E-state index is 0.0942. The van der Waals surface area contributed by atoms with E-state index in [9.17, 15) is 9.18 Å². The van der Waals surface area contributed by atoms with Crippen molar-refractivity contribution in [2.24, 2.45) is 5.92 Å². The summed E-state index contributed by atoms with van der Waals surface area (Å²) in [5.41, 5.74) is 0.256. The van der Waals surface area contributed by atoms with Crippen molar-refractivity contribution in [2.75, 3.05) is 19.6 Å². The minimum atomic E-state index is -0.482. The third-order valence-electron chi connectivity index (χ3n) is 4.92. The Bertz CT molecular complexity index is 831. The number of hydrogen-bond donors (Lipinski definition) is 1. The smallest absolute Gasteiger partial charge is 0.270 e. The van der Waals surface area contributed by atoms with Gasteiger partial charge in [-0.1, -0.05) is 15.9 Å². The lowest BCUT2D eigenvalue weighted by Gasteiger charge is -2.35. The van der Waals surface area contributed by atoms with Gasteiger partial charge in [-0.2, -0.15) is 0 Å². The van der Waals surface area contributed by atoms with Crippen LogP contribution in [0.25, 0.3) is 0 Å². The highest BCUT2D eigenvalue weighted by atomic mass is 79.9. The number of rotatable bonds is 6. The maximum Gasteiger partial charge on any atom is 0.270 e. The molecule has 1 aliphatic rings. The average Bonchev–Trinajstić information content (AvgIpc) is 2.69. The Kier molecular flexibility index (Phi) is 7.02. The van der Waals surface area contributed by atoms with E-state index in [2.05, 4.69) is 45.0 Å². The van der Waals surface area contributed by atoms with Gasteiger partial charge in [-0.15, -0.1) is 0 Å². The summed E-state index contributed by atoms with van der Waals surface area (Å²) in [6.07, 6.45) is 3.75. The number of amides is 1. The Morgan fingerprint density at radius 1 is 1.39 bits per heavy atom. The third-order valence-corrected chi connectivity index (χ3v) is 5.41. The van der Waals surface area contributed by atoms with E-state index in [1.807, 2.05) is 0 Å². The summed E-state index contributed by atoms with van der Waals surface area (Å²) in [7, 11) is 0. The van der Waals surface area contributed by atoms with Gasteiger partial charge >= 0.3 is 0 Å². The van der Waals surface area contributed by atoms with Crippen molar-refractivity contribution in [2.45, 2.75) is 32.7 Å². The SMILES string of the molecule is CC(C)N1CCC[C@H](CNC(=O)c2cc(Oc3ccc(Br)cc3F)ccn2)C1. The van der Waals surface area contributed by atoms with Crippen LogP contribution in [-0.2, 0) is 0 Å². The molecule has 5 nitrogen and oxygen atoms in total. The lowest BCUT2D eigenvalue weighted by atomic mass is 9.97. The average molecular weight is 450 g/mol. The highest BCUT2D eigenvalue weighted by molar-refractivity contribution is 9.10. The van der Waals surface area contributed by atoms with E-state index in [1.54, 1.807) is 12.1 Å². The Hall–Kier alpha value is -1.99. The molecular formula is C21H25BrFN3O2. The zero-order valence-electron chi connectivity index (χ0n) is 16.1. The van der Waals surface area contributed by atoms with Crippen molar-refractivity contribution in [1.29, 1.82) is 0 Å². The first kappa shape index (κ1) is 20.7. The van der Waals surface area contributed by atoms with Gasteiger partial charge in [0, 0.05) is 35.9 Å². The number of halogens is 2. The molecule has 2 aromatic rings. The zero-order chi connectivity index (χ0) is 20.1. The van der Waals surface area contributed by atoms with Gasteiger partial charge in [-0.3, -0.25) is 9.78 Å². The van der Waals surface area contributed by atoms with E-state index < -0.39 is 5.82 Å². The van der Waals surface area contributed by atoms with Crippen LogP contribution in [0.1, 0.15) is 37.2 Å². The predicted octanol–water partition coefficient (Wildman–Crippen LogP) is 4.63. The van der Waals surface area contributed by atoms with Crippen LogP contribution in [0.3, 0.4) is 0 Å². The maximum absolute atomic E-state index is 14.0. The van der Waals surface area contributed by atoms with E-state index in [-0.39, 0.29) is 17.4 Å². The summed E-state index contributed by atoms with van der Waals surface area (Å²) in [4.78, 5) is 19.1. The van der Waals surface area contributed by atoms with Gasteiger partial charge in [0.25, 0.3) is 5.91 Å². The number of carbonyl (C=O) groups is 1. The van der Waals surface area contributed by atoms with E-state index in [4.69, 9.17) is 4.74 Å². The minimum Gasteiger partial charge on any atom is -0.454 e. The molecular weight excluding hydrogens is 425 g/mol. The third kappa shape index (κ3) is 5.52. The summed E-state index contributed by atoms with van der Waals surface area (Å²) in [6.45, 7) is 7.14. The highest BCUT2D eigenvalue weighted by Crippen LogP contribution is 2.27. The number of hydrogen-bond acceptors (Lipinski definition) is 4. The number of piperidine rings is 1. The Balaban J connectivity index is 1.59. The molecule has 0 unspecified atom stereocenters. The van der Waals surface area contributed by atoms with Crippen LogP contribution in [0.2, 0.25) is 0 Å². The largest absolute Gasteiger partial charge is 0.454 e. The molecule has 1 aromatic carbocycles. The van der Waals surface area contributed by atoms with E-state index in [1.165, 1.54) is 24.4 Å². The Morgan fingerprint density at radius 3 is 2.96 bits per heavy atom. The number of ether oxygens (including phenoxy) is 1. The van der Waals surface area contributed by atoms with E-state index >= 15 is 0 Å². The quantitative estimate of drug-likeness (QED) is 0.698. The normalized spacial score (nSPS) is 17.5. The lowest BCUT2D eigenvalue weighted by molar-refractivity contribution is 0.0917. The number of carbonyl (C=O) groups excluding carboxylic acids is 1. The molecule has 1 atom stereocenters. The van der Waals surface area contributed by atoms with Gasteiger partial charge in [0.05, 0.1) is 0 Å². The summed E-state index contributed by atoms with van der Waals surface area (Å²) in [5, 5.41) is 2.97. The number of likely N-dealkylation sites (tertiary alicyclic amines) is 1. The molecule has 0 aliphatic carbocycles. The second kappa shape index (κ2) is 9.47. The number of pyridine rings is 1. The van der Waals surface area contributed by atoms with Gasteiger partial charge < -0.3 is 15.0 Å². The van der Waals surface area contributed by atoms with Crippen molar-refractivity contribution in [3.63, 3.8) is 0 Å². The molecule has 0 radical (unpaired) electrons. The molecule has 2 heterocycles. The van der Waals surface area contributed by atoms with Crippen molar-refractivity contribution in [1.82, 2.24) is 15.2 Å². The first-order chi connectivity index (χ1) is 13.4. The van der Waals surface area contributed by atoms with E-state index in [0.29, 0.717) is 28.7 Å². The number of nitrogens with one attached hydrogen (secondary N) is 1. The van der Waals surface area contributed by atoms with Crippen molar-refractivity contribution in [3.05, 3.63) is 52.5 Å². The molecule has 1 aliphatic heterocycles. The van der Waals surface area contributed by atoms with E-state index in [0.717, 1.165) is 25.9 Å². The zero-order valence-corrected chi connectivity index (χ0v) is 17.7. The molecule has 1 N–H and O–H groups in total. The first-order valence-corrected chi connectivity index (χ1v) is 10.3. The molecule has 28 heavy (non-hydrogen) atoms. The molecule has 0 spiro atoms. The topological polar surface area (TPSA) is 54.5 Å². The van der Waals surface area contributed by atoms with Crippen LogP contribution >= 0.6 is 15.9 Å². The van der Waals surface area contributed by atoms with Crippen molar-refractivity contribution < 1.29 is 13.9 Å². The van der Waals surface area contributed by atoms with Gasteiger partial charge in [0.2, 0.25) is 0 Å². The standard InChI is InChI=1S/C21H25BrFN3O2/c1-14(2)26-9-3-4-15(13-26)12-25-21(27)19-11-17(7-8-24-19)28-20-6-5-16(22)10-18(20)23/h5-8,10-11,14-15H,3-4,9,12-13H2,1-2H3,(H,25,27)/t15-/m1/s1. The number of nitrogens with zero attached hydrogens (tertiary/aromatic N) is 2. The fraction of sp³-hybridized carbons (Fsp3) is 0.429. The van der Waals surface area contributed by atoms with Crippen LogP contribution in [0.5, 0.6) is 11.5 Å². The molecule has 1 aromatic heterocycles. The number of aromatic nitrogens is 1. The van der Waals surface area contributed by atoms with Gasteiger partial charge in [-0.25, -0.2) is 4.39 Å². The molecule has 7 heteroatoms. The lowest BCUT2D eigenvalue weighted by Crippen LogP contribution is -2.43. The predicted molar refractivity (Wildman–Crippen MR) is 110 cm³/mol. The Labute approximate surface area is 173 Å². The molecule has 1 fully saturated rings. The van der Waals surface area contributed by atoms with Crippen LogP contribution in [0.4, 0.5) is 4.39 Å². The molecule has 0 saturated carbocycles. The van der Waals surface area contributed by atoms with Gasteiger partial charge in [0.15, 0.2) is 11.6 Å². The second-order valence-electron chi connectivity index (χ2n) is 7.36. The van der Waals surface area contributed by atoms with Crippen LogP contribution in [0, 0.1) is 11.7 Å². The first-order valence-electron chi connectivity index (χ1n) is 9.53. The summed E-state index contributed by atoms with van der Waals surface area (Å²) < 4.78 is 20.2. The molecule has 3 rings (SSSR count). The van der Waals surface area contributed by atoms with Gasteiger partial charge in [-0.05, 0) is 63.4 Å². The fourth-order valence-electron chi connectivity index (χ4n) is 3.34. The van der Waals surface area contributed by atoms with Crippen LogP contribution < -0.4 is 10.1 Å². The van der Waals surface area contributed by atoms with Crippen molar-refractivity contribution in [3.8, 4) is 11.5 Å². The molecule has 150 valence electrons. The van der Waals surface area contributed by atoms with Crippen LogP contribution in [-0.4, -0.2) is 41.5 Å². The molecule has 1 amide bonds. The second-order valence-corrected chi connectivity index (χ2v) is 8.28. The monoisotopic (exact) mass is 449 g/mol. The maximum atomic E-state index is 14.0. The molecule has 0 bridgehead atoms.